The van der Waals surface area contributed by atoms with Crippen LogP contribution in [0.25, 0.3) is 0 Å². The molecule has 1 unspecified atom stereocenters. The van der Waals surface area contributed by atoms with Crippen LogP contribution in [0.15, 0.2) is 36.1 Å². The molecule has 0 aliphatic carbocycles. The van der Waals surface area contributed by atoms with Crippen molar-refractivity contribution in [2.45, 2.75) is 20.3 Å². The van der Waals surface area contributed by atoms with Crippen molar-refractivity contribution in [3.05, 3.63) is 41.7 Å². The Morgan fingerprint density at radius 1 is 1.19 bits per heavy atom. The zero-order chi connectivity index (χ0) is 15.8. The summed E-state index contributed by atoms with van der Waals surface area (Å²) in [6.07, 6.45) is 2.44. The van der Waals surface area contributed by atoms with E-state index in [4.69, 9.17) is 27.9 Å². The van der Waals surface area contributed by atoms with Gasteiger partial charge in [0, 0.05) is 11.5 Å². The average molecular weight is 329 g/mol. The van der Waals surface area contributed by atoms with E-state index in [2.05, 4.69) is 0 Å². The van der Waals surface area contributed by atoms with Crippen molar-refractivity contribution in [2.75, 3.05) is 11.8 Å². The van der Waals surface area contributed by atoms with Gasteiger partial charge in [0.25, 0.3) is 0 Å². The third kappa shape index (κ3) is 5.90. The molecular weight excluding hydrogens is 311 g/mol. The molecule has 3 nitrogen and oxygen atoms in total. The van der Waals surface area contributed by atoms with Gasteiger partial charge in [-0.25, -0.2) is 0 Å². The van der Waals surface area contributed by atoms with Gasteiger partial charge in [0.1, 0.15) is 5.75 Å². The molecule has 0 aliphatic heterocycles. The summed E-state index contributed by atoms with van der Waals surface area (Å²) in [7, 11) is 0. The summed E-state index contributed by atoms with van der Waals surface area (Å²) in [4.78, 5) is 22.8. The lowest BCUT2D eigenvalue weighted by Gasteiger charge is -2.08. The second kappa shape index (κ2) is 8.85. The van der Waals surface area contributed by atoms with Crippen molar-refractivity contribution >= 4 is 34.8 Å². The van der Waals surface area contributed by atoms with E-state index >= 15 is 0 Å². The van der Waals surface area contributed by atoms with Gasteiger partial charge < -0.3 is 4.74 Å². The van der Waals surface area contributed by atoms with Crippen LogP contribution < -0.4 is 4.74 Å². The van der Waals surface area contributed by atoms with Gasteiger partial charge in [-0.3, -0.25) is 9.59 Å². The van der Waals surface area contributed by atoms with Crippen LogP contribution >= 0.6 is 23.2 Å². The minimum Gasteiger partial charge on any atom is -0.462 e. The van der Waals surface area contributed by atoms with Crippen molar-refractivity contribution in [2.24, 2.45) is 5.92 Å². The Balaban J connectivity index is 2.60. The molecule has 0 N–H and O–H groups in total. The summed E-state index contributed by atoms with van der Waals surface area (Å²) in [5.74, 6) is 1.10. The lowest BCUT2D eigenvalue weighted by atomic mass is 10.0. The highest BCUT2D eigenvalue weighted by Crippen LogP contribution is 2.17. The van der Waals surface area contributed by atoms with E-state index in [0.717, 1.165) is 0 Å². The monoisotopic (exact) mass is 328 g/mol. The topological polar surface area (TPSA) is 43.4 Å². The SMILES string of the molecule is C/C(=C\CC(C)C(=O)CCl)Oc1ccc(C(=O)CCl)cc1. The number of carbonyl (C=O) groups is 2. The summed E-state index contributed by atoms with van der Waals surface area (Å²) in [5, 5.41) is 0. The molecular formula is C16H18Cl2O3. The molecule has 0 amide bonds. The highest BCUT2D eigenvalue weighted by Gasteiger charge is 2.10. The maximum atomic E-state index is 11.4. The van der Waals surface area contributed by atoms with E-state index < -0.39 is 0 Å². The van der Waals surface area contributed by atoms with Gasteiger partial charge in [0.2, 0.25) is 0 Å². The summed E-state index contributed by atoms with van der Waals surface area (Å²) >= 11 is 11.0. The van der Waals surface area contributed by atoms with E-state index in [-0.39, 0.29) is 29.2 Å². The standard InChI is InChI=1S/C16H18Cl2O3/c1-11(15(19)9-17)3-4-12(2)21-14-7-5-13(6-8-14)16(20)10-18/h4-8,11H,3,9-10H2,1-2H3/b12-4+. The third-order valence-corrected chi connectivity index (χ3v) is 3.52. The van der Waals surface area contributed by atoms with Crippen LogP contribution in [0, 0.1) is 5.92 Å². The van der Waals surface area contributed by atoms with Crippen molar-refractivity contribution < 1.29 is 14.3 Å². The lowest BCUT2D eigenvalue weighted by molar-refractivity contribution is -0.119. The molecule has 0 aliphatic rings. The van der Waals surface area contributed by atoms with Crippen LogP contribution in [-0.2, 0) is 4.79 Å². The number of allylic oxidation sites excluding steroid dienone is 2. The molecule has 1 aromatic rings. The van der Waals surface area contributed by atoms with E-state index in [1.165, 1.54) is 0 Å². The van der Waals surface area contributed by atoms with Crippen LogP contribution in [0.1, 0.15) is 30.6 Å². The van der Waals surface area contributed by atoms with Gasteiger partial charge >= 0.3 is 0 Å². The molecule has 1 rings (SSSR count). The average Bonchev–Trinajstić information content (AvgIpc) is 2.51. The Labute approximate surface area is 134 Å². The second-order valence-corrected chi connectivity index (χ2v) is 5.27. The maximum absolute atomic E-state index is 11.4. The molecule has 0 saturated carbocycles. The molecule has 0 heterocycles. The number of ketones is 2. The minimum atomic E-state index is -0.121. The van der Waals surface area contributed by atoms with Crippen LogP contribution in [-0.4, -0.2) is 23.3 Å². The molecule has 0 fully saturated rings. The van der Waals surface area contributed by atoms with Gasteiger partial charge in [-0.2, -0.15) is 0 Å². The van der Waals surface area contributed by atoms with Crippen LogP contribution in [0.2, 0.25) is 0 Å². The Morgan fingerprint density at radius 3 is 2.33 bits per heavy atom. The third-order valence-electron chi connectivity index (χ3n) is 3.02. The molecule has 114 valence electrons. The number of hydrogen-bond acceptors (Lipinski definition) is 3. The van der Waals surface area contributed by atoms with Crippen molar-refractivity contribution in [3.63, 3.8) is 0 Å². The fourth-order valence-corrected chi connectivity index (χ4v) is 2.04. The molecule has 1 atom stereocenters. The molecule has 0 radical (unpaired) electrons. The van der Waals surface area contributed by atoms with Crippen LogP contribution in [0.4, 0.5) is 0 Å². The van der Waals surface area contributed by atoms with Crippen molar-refractivity contribution in [1.82, 2.24) is 0 Å². The minimum absolute atomic E-state index is 0.0182. The maximum Gasteiger partial charge on any atom is 0.177 e. The summed E-state index contributed by atoms with van der Waals surface area (Å²) in [6, 6.07) is 6.77. The number of halogens is 2. The first-order chi connectivity index (χ1) is 9.97. The molecule has 0 aromatic heterocycles. The number of alkyl halides is 2. The van der Waals surface area contributed by atoms with Crippen LogP contribution in [0.3, 0.4) is 0 Å². The number of ether oxygens (including phenoxy) is 1. The Hall–Kier alpha value is -1.32. The first kappa shape index (κ1) is 17.7. The molecule has 21 heavy (non-hydrogen) atoms. The molecule has 1 aromatic carbocycles. The normalized spacial score (nSPS) is 12.9. The summed E-state index contributed by atoms with van der Waals surface area (Å²) < 4.78 is 5.62. The summed E-state index contributed by atoms with van der Waals surface area (Å²) in [6.45, 7) is 3.65. The fourth-order valence-electron chi connectivity index (χ4n) is 1.62. The van der Waals surface area contributed by atoms with E-state index in [0.29, 0.717) is 23.5 Å². The highest BCUT2D eigenvalue weighted by molar-refractivity contribution is 6.30. The molecule has 0 saturated heterocycles. The highest BCUT2D eigenvalue weighted by atomic mass is 35.5. The second-order valence-electron chi connectivity index (χ2n) is 4.73. The number of carbonyl (C=O) groups excluding carboxylic acids is 2. The van der Waals surface area contributed by atoms with Crippen molar-refractivity contribution in [3.8, 4) is 5.75 Å². The van der Waals surface area contributed by atoms with E-state index in [1.807, 2.05) is 19.9 Å². The fraction of sp³-hybridized carbons (Fsp3) is 0.375. The summed E-state index contributed by atoms with van der Waals surface area (Å²) in [5.41, 5.74) is 0.556. The number of hydrogen-bond donors (Lipinski definition) is 0. The predicted molar refractivity (Wildman–Crippen MR) is 85.4 cm³/mol. The van der Waals surface area contributed by atoms with E-state index in [1.54, 1.807) is 24.3 Å². The molecule has 5 heteroatoms. The molecule has 0 bridgehead atoms. The van der Waals surface area contributed by atoms with Gasteiger partial charge in [-0.15, -0.1) is 23.2 Å². The number of Topliss-reactive ketones (excluding diaryl/α,β-unsaturated/α-hetero) is 2. The zero-order valence-electron chi connectivity index (χ0n) is 12.1. The van der Waals surface area contributed by atoms with Gasteiger partial charge in [-0.1, -0.05) is 6.92 Å². The van der Waals surface area contributed by atoms with Crippen molar-refractivity contribution in [1.29, 1.82) is 0 Å². The van der Waals surface area contributed by atoms with Gasteiger partial charge in [0.15, 0.2) is 11.6 Å². The number of rotatable bonds is 8. The van der Waals surface area contributed by atoms with Gasteiger partial charge in [0.05, 0.1) is 17.5 Å². The Kier molecular flexibility index (Phi) is 7.48. The van der Waals surface area contributed by atoms with Gasteiger partial charge in [-0.05, 0) is 43.7 Å². The Bertz CT molecular complexity index is 521. The number of benzene rings is 1. The zero-order valence-corrected chi connectivity index (χ0v) is 13.6. The smallest absolute Gasteiger partial charge is 0.177 e. The first-order valence-electron chi connectivity index (χ1n) is 6.60. The van der Waals surface area contributed by atoms with E-state index in [9.17, 15) is 9.59 Å². The predicted octanol–water partition coefficient (Wildman–Crippen LogP) is 4.22. The largest absolute Gasteiger partial charge is 0.462 e. The quantitative estimate of drug-likeness (QED) is 0.407. The van der Waals surface area contributed by atoms with Crippen LogP contribution in [0.5, 0.6) is 5.75 Å². The molecule has 0 spiro atoms. The lowest BCUT2D eigenvalue weighted by Crippen LogP contribution is -2.11. The Morgan fingerprint density at radius 2 is 1.81 bits per heavy atom. The first-order valence-corrected chi connectivity index (χ1v) is 7.67.